The van der Waals surface area contributed by atoms with Gasteiger partial charge in [0.25, 0.3) is 10.0 Å². The highest BCUT2D eigenvalue weighted by Gasteiger charge is 2.36. The lowest BCUT2D eigenvalue weighted by atomic mass is 10.1. The van der Waals surface area contributed by atoms with Crippen molar-refractivity contribution in [3.63, 3.8) is 0 Å². The first-order valence-corrected chi connectivity index (χ1v) is 15.2. The number of amides is 1. The van der Waals surface area contributed by atoms with Crippen molar-refractivity contribution in [2.24, 2.45) is 0 Å². The van der Waals surface area contributed by atoms with Gasteiger partial charge in [-0.15, -0.1) is 0 Å². The summed E-state index contributed by atoms with van der Waals surface area (Å²) in [5, 5.41) is 7.56. The van der Waals surface area contributed by atoms with E-state index in [0.717, 1.165) is 12.1 Å². The average Bonchev–Trinajstić information content (AvgIpc) is 3.31. The number of carbonyl (C=O) groups is 1. The van der Waals surface area contributed by atoms with Crippen LogP contribution in [0.25, 0.3) is 22.4 Å². The number of ether oxygens (including phenoxy) is 2. The lowest BCUT2D eigenvalue weighted by Gasteiger charge is -2.35. The van der Waals surface area contributed by atoms with Crippen molar-refractivity contribution in [3.8, 4) is 17.3 Å². The second kappa shape index (κ2) is 11.6. The van der Waals surface area contributed by atoms with E-state index in [9.17, 15) is 17.6 Å². The molecule has 43 heavy (non-hydrogen) atoms. The van der Waals surface area contributed by atoms with Crippen LogP contribution < -0.4 is 9.46 Å². The number of nitrogens with zero attached hydrogens (tertiary/aromatic N) is 4. The summed E-state index contributed by atoms with van der Waals surface area (Å²) in [5.74, 6) is -0.613. The lowest BCUT2D eigenvalue weighted by Crippen LogP contribution is -2.50. The van der Waals surface area contributed by atoms with Crippen LogP contribution in [0.15, 0.2) is 47.4 Å². The van der Waals surface area contributed by atoms with E-state index in [-0.39, 0.29) is 41.9 Å². The number of halogens is 3. The number of hydrogen-bond donors (Lipinski definition) is 2. The van der Waals surface area contributed by atoms with Gasteiger partial charge in [-0.1, -0.05) is 11.6 Å². The number of piperidine rings is 1. The molecule has 0 unspecified atom stereocenters. The molecule has 0 radical (unpaired) electrons. The molecule has 0 bridgehead atoms. The number of likely N-dealkylation sites (tertiary alicyclic amines) is 1. The molecule has 1 fully saturated rings. The molecule has 2 N–H and O–H groups in total. The Balaban J connectivity index is 1.36. The number of sulfonamides is 1. The summed E-state index contributed by atoms with van der Waals surface area (Å²) < 4.78 is 68.6. The van der Waals surface area contributed by atoms with E-state index in [4.69, 9.17) is 21.1 Å². The summed E-state index contributed by atoms with van der Waals surface area (Å²) in [6.45, 7) is 7.01. The van der Waals surface area contributed by atoms with Crippen molar-refractivity contribution in [1.82, 2.24) is 25.1 Å². The van der Waals surface area contributed by atoms with Crippen LogP contribution in [0, 0.1) is 12.7 Å². The summed E-state index contributed by atoms with van der Waals surface area (Å²) in [5.41, 5.74) is 0.869. The Morgan fingerprint density at radius 2 is 1.88 bits per heavy atom. The summed E-state index contributed by atoms with van der Waals surface area (Å²) >= 11 is 5.85. The van der Waals surface area contributed by atoms with E-state index >= 15 is 4.39 Å². The summed E-state index contributed by atoms with van der Waals surface area (Å²) in [7, 11) is -4.26. The Bertz CT molecular complexity index is 1780. The van der Waals surface area contributed by atoms with Crippen molar-refractivity contribution in [1.29, 1.82) is 0 Å². The van der Waals surface area contributed by atoms with E-state index in [1.165, 1.54) is 23.1 Å². The molecule has 3 heterocycles. The van der Waals surface area contributed by atoms with Gasteiger partial charge in [0, 0.05) is 29.2 Å². The van der Waals surface area contributed by atoms with Crippen molar-refractivity contribution in [2.45, 2.75) is 56.9 Å². The van der Waals surface area contributed by atoms with Gasteiger partial charge in [0.1, 0.15) is 27.8 Å². The number of aryl methyl sites for hydroxylation is 1. The van der Waals surface area contributed by atoms with Crippen molar-refractivity contribution in [3.05, 3.63) is 59.0 Å². The predicted molar refractivity (Wildman–Crippen MR) is 156 cm³/mol. The summed E-state index contributed by atoms with van der Waals surface area (Å²) in [4.78, 5) is 22.2. The molecular formula is C28H29ClF2N6O5S. The summed E-state index contributed by atoms with van der Waals surface area (Å²) in [6.07, 6.45) is -2.77. The van der Waals surface area contributed by atoms with Crippen LogP contribution in [-0.4, -0.2) is 70.5 Å². The fourth-order valence-corrected chi connectivity index (χ4v) is 5.89. The van der Waals surface area contributed by atoms with Gasteiger partial charge in [0.05, 0.1) is 12.2 Å². The van der Waals surface area contributed by atoms with Gasteiger partial charge in [-0.05, 0) is 70.2 Å². The zero-order chi connectivity index (χ0) is 31.1. The minimum absolute atomic E-state index is 0.0735. The number of fused-ring (bicyclic) bond motifs is 1. The molecule has 0 spiro atoms. The minimum Gasteiger partial charge on any atom is -0.470 e. The zero-order valence-electron chi connectivity index (χ0n) is 23.7. The number of alkyl halides is 1. The second-order valence-corrected chi connectivity index (χ2v) is 13.1. The third-order valence-corrected chi connectivity index (χ3v) is 8.17. The SMILES string of the molecule is Cc1n[nH]c2nc(-c3ccc(NS(=O)(=O)c4cc(Cl)ccc4F)cc3)nc(O[C@@H]3CCN(C(=O)OC(C)(C)C)C[C@@H]3F)c12. The number of rotatable bonds is 6. The monoisotopic (exact) mass is 634 g/mol. The molecule has 1 aliphatic rings. The highest BCUT2D eigenvalue weighted by Crippen LogP contribution is 2.31. The quantitative estimate of drug-likeness (QED) is 0.277. The first kappa shape index (κ1) is 30.4. The molecule has 2 atom stereocenters. The first-order valence-electron chi connectivity index (χ1n) is 13.3. The molecule has 0 aliphatic carbocycles. The topological polar surface area (TPSA) is 139 Å². The molecule has 15 heteroatoms. The molecule has 11 nitrogen and oxygen atoms in total. The Labute approximate surface area is 251 Å². The number of anilines is 1. The molecule has 1 aliphatic heterocycles. The maximum absolute atomic E-state index is 15.2. The van der Waals surface area contributed by atoms with Gasteiger partial charge in [-0.25, -0.2) is 27.0 Å². The molecule has 2 aromatic heterocycles. The highest BCUT2D eigenvalue weighted by molar-refractivity contribution is 7.92. The normalized spacial score (nSPS) is 17.6. The maximum atomic E-state index is 15.2. The molecule has 2 aromatic carbocycles. The Hall–Kier alpha value is -4.04. The van der Waals surface area contributed by atoms with Crippen LogP contribution in [0.1, 0.15) is 32.9 Å². The molecule has 1 amide bonds. The van der Waals surface area contributed by atoms with Gasteiger partial charge < -0.3 is 14.4 Å². The maximum Gasteiger partial charge on any atom is 0.410 e. The van der Waals surface area contributed by atoms with E-state index in [2.05, 4.69) is 24.9 Å². The van der Waals surface area contributed by atoms with Gasteiger partial charge >= 0.3 is 6.09 Å². The van der Waals surface area contributed by atoms with Crippen LogP contribution >= 0.6 is 11.6 Å². The number of aromatic nitrogens is 4. The largest absolute Gasteiger partial charge is 0.470 e. The van der Waals surface area contributed by atoms with E-state index in [1.807, 2.05) is 0 Å². The van der Waals surface area contributed by atoms with E-state index in [1.54, 1.807) is 39.8 Å². The fraction of sp³-hybridized carbons (Fsp3) is 0.357. The number of hydrogen-bond acceptors (Lipinski definition) is 8. The smallest absolute Gasteiger partial charge is 0.410 e. The summed E-state index contributed by atoms with van der Waals surface area (Å²) in [6, 6.07) is 9.31. The standard InChI is InChI=1S/C28H29ClF2N6O5S/c1-15-23-25(35-34-15)32-24(33-26(23)41-21-11-12-37(14-20(21)31)27(38)42-28(2,3)4)16-5-8-18(9-6-16)36-43(39,40)22-13-17(29)7-10-19(22)30/h5-10,13,20-21,36H,11-12,14H2,1-4H3,(H,32,33,34,35)/t20-,21+/m0/s1. The number of benzene rings is 2. The first-order chi connectivity index (χ1) is 20.2. The van der Waals surface area contributed by atoms with Crippen LogP contribution in [0.5, 0.6) is 5.88 Å². The van der Waals surface area contributed by atoms with Gasteiger partial charge in [0.15, 0.2) is 17.6 Å². The van der Waals surface area contributed by atoms with Gasteiger partial charge in [0.2, 0.25) is 5.88 Å². The second-order valence-electron chi connectivity index (χ2n) is 11.0. The lowest BCUT2D eigenvalue weighted by molar-refractivity contribution is -0.0111. The van der Waals surface area contributed by atoms with Gasteiger partial charge in [-0.2, -0.15) is 10.1 Å². The molecule has 4 aromatic rings. The van der Waals surface area contributed by atoms with Crippen molar-refractivity contribution < 1.29 is 31.5 Å². The van der Waals surface area contributed by atoms with E-state index < -0.39 is 44.7 Å². The third-order valence-electron chi connectivity index (χ3n) is 6.54. The average molecular weight is 635 g/mol. The number of carbonyl (C=O) groups excluding carboxylic acids is 1. The molecular weight excluding hydrogens is 606 g/mol. The molecule has 5 rings (SSSR count). The van der Waals surface area contributed by atoms with Crippen LogP contribution in [0.3, 0.4) is 0 Å². The molecule has 228 valence electrons. The van der Waals surface area contributed by atoms with Crippen LogP contribution in [0.2, 0.25) is 5.02 Å². The van der Waals surface area contributed by atoms with Gasteiger partial charge in [-0.3, -0.25) is 9.82 Å². The van der Waals surface area contributed by atoms with E-state index in [0.29, 0.717) is 22.3 Å². The Morgan fingerprint density at radius 3 is 2.56 bits per heavy atom. The van der Waals surface area contributed by atoms with Crippen LogP contribution in [0.4, 0.5) is 19.3 Å². The fourth-order valence-electron chi connectivity index (χ4n) is 4.49. The molecule has 1 saturated heterocycles. The molecule has 0 saturated carbocycles. The Kier molecular flexibility index (Phi) is 8.18. The Morgan fingerprint density at radius 1 is 1.16 bits per heavy atom. The minimum atomic E-state index is -4.26. The third kappa shape index (κ3) is 6.80. The van der Waals surface area contributed by atoms with Crippen molar-refractivity contribution >= 4 is 44.4 Å². The zero-order valence-corrected chi connectivity index (χ0v) is 25.3. The number of H-pyrrole nitrogens is 1. The van der Waals surface area contributed by atoms with Crippen molar-refractivity contribution in [2.75, 3.05) is 17.8 Å². The highest BCUT2D eigenvalue weighted by atomic mass is 35.5. The predicted octanol–water partition coefficient (Wildman–Crippen LogP) is 5.65. The number of nitrogens with one attached hydrogen (secondary N) is 2. The number of aromatic amines is 1. The van der Waals surface area contributed by atoms with Crippen LogP contribution in [-0.2, 0) is 14.8 Å².